The van der Waals surface area contributed by atoms with Crippen LogP contribution < -0.4 is 0 Å². The minimum Gasteiger partial charge on any atom is -0.461 e. The number of ether oxygens (including phenoxy) is 1. The lowest BCUT2D eigenvalue weighted by Crippen LogP contribution is -2.19. The first-order chi connectivity index (χ1) is 8.24. The largest absolute Gasteiger partial charge is 0.461 e. The minimum atomic E-state index is -0.330. The minimum absolute atomic E-state index is 0.330. The van der Waals surface area contributed by atoms with E-state index in [0.717, 1.165) is 18.7 Å². The summed E-state index contributed by atoms with van der Waals surface area (Å²) in [5.41, 5.74) is 1.76. The van der Waals surface area contributed by atoms with Crippen molar-refractivity contribution in [1.82, 2.24) is 15.0 Å². The van der Waals surface area contributed by atoms with Gasteiger partial charge in [-0.1, -0.05) is 18.1 Å². The lowest BCUT2D eigenvalue weighted by Gasteiger charge is -2.20. The molecule has 92 valence electrons. The van der Waals surface area contributed by atoms with Crippen molar-refractivity contribution < 1.29 is 9.53 Å². The Morgan fingerprint density at radius 3 is 2.94 bits per heavy atom. The average molecular weight is 235 g/mol. The number of carbonyl (C=O) groups is 1. The Bertz CT molecular complexity index is 447. The molecule has 1 spiro atoms. The smallest absolute Gasteiger partial charge is 0.360 e. The van der Waals surface area contributed by atoms with Gasteiger partial charge in [0.05, 0.1) is 12.3 Å². The third kappa shape index (κ3) is 1.64. The highest BCUT2D eigenvalue weighted by molar-refractivity contribution is 5.88. The van der Waals surface area contributed by atoms with Gasteiger partial charge in [-0.15, -0.1) is 5.10 Å². The lowest BCUT2D eigenvalue weighted by molar-refractivity contribution is 0.0517. The fraction of sp³-hybridized carbons (Fsp3) is 0.750. The van der Waals surface area contributed by atoms with E-state index in [1.54, 1.807) is 6.92 Å². The van der Waals surface area contributed by atoms with E-state index < -0.39 is 0 Å². The van der Waals surface area contributed by atoms with Crippen LogP contribution in [0.4, 0.5) is 0 Å². The first-order valence-electron chi connectivity index (χ1n) is 6.34. The van der Waals surface area contributed by atoms with Gasteiger partial charge in [-0.05, 0) is 31.6 Å². The Kier molecular flexibility index (Phi) is 2.42. The first kappa shape index (κ1) is 10.7. The Morgan fingerprint density at radius 2 is 2.24 bits per heavy atom. The van der Waals surface area contributed by atoms with Gasteiger partial charge in [-0.25, -0.2) is 9.48 Å². The molecule has 17 heavy (non-hydrogen) atoms. The van der Waals surface area contributed by atoms with Crippen LogP contribution in [0.5, 0.6) is 0 Å². The summed E-state index contributed by atoms with van der Waals surface area (Å²) in [5.74, 6) is -0.330. The second kappa shape index (κ2) is 3.82. The molecule has 1 aromatic heterocycles. The maximum atomic E-state index is 11.7. The predicted octanol–water partition coefficient (Wildman–Crippen LogP) is 1.57. The van der Waals surface area contributed by atoms with Crippen molar-refractivity contribution in [3.63, 3.8) is 0 Å². The predicted molar refractivity (Wildman–Crippen MR) is 60.6 cm³/mol. The number of hydrogen-bond donors (Lipinski definition) is 0. The van der Waals surface area contributed by atoms with Gasteiger partial charge in [-0.3, -0.25) is 0 Å². The van der Waals surface area contributed by atoms with Crippen molar-refractivity contribution in [2.45, 2.75) is 45.6 Å². The molecule has 2 aliphatic rings. The standard InChI is InChI=1S/C12H17N3O2/c1-2-17-11(16)10-9-7-12(5-3-4-6-12)8-15(9)14-13-10/h2-8H2,1H3. The van der Waals surface area contributed by atoms with Crippen LogP contribution in [0.15, 0.2) is 0 Å². The zero-order valence-electron chi connectivity index (χ0n) is 10.1. The highest BCUT2D eigenvalue weighted by atomic mass is 16.5. The summed E-state index contributed by atoms with van der Waals surface area (Å²) in [6, 6.07) is 0. The van der Waals surface area contributed by atoms with Crippen LogP contribution in [0.2, 0.25) is 0 Å². The first-order valence-corrected chi connectivity index (χ1v) is 6.34. The summed E-state index contributed by atoms with van der Waals surface area (Å²) in [5, 5.41) is 8.03. The van der Waals surface area contributed by atoms with Crippen molar-refractivity contribution in [1.29, 1.82) is 0 Å². The van der Waals surface area contributed by atoms with Crippen LogP contribution in [0.3, 0.4) is 0 Å². The summed E-state index contributed by atoms with van der Waals surface area (Å²) >= 11 is 0. The molecule has 0 saturated heterocycles. The summed E-state index contributed by atoms with van der Waals surface area (Å²) in [4.78, 5) is 11.7. The van der Waals surface area contributed by atoms with Crippen molar-refractivity contribution in [3.05, 3.63) is 11.4 Å². The molecule has 2 heterocycles. The molecule has 1 saturated carbocycles. The Labute approximate surface area is 100 Å². The van der Waals surface area contributed by atoms with E-state index in [4.69, 9.17) is 4.74 Å². The fourth-order valence-electron chi connectivity index (χ4n) is 3.18. The normalized spacial score (nSPS) is 20.8. The van der Waals surface area contributed by atoms with Gasteiger partial charge < -0.3 is 4.74 Å². The summed E-state index contributed by atoms with van der Waals surface area (Å²) in [6.07, 6.45) is 6.03. The summed E-state index contributed by atoms with van der Waals surface area (Å²) in [7, 11) is 0. The lowest BCUT2D eigenvalue weighted by atomic mass is 9.84. The molecule has 0 amide bonds. The zero-order chi connectivity index (χ0) is 11.9. The van der Waals surface area contributed by atoms with E-state index >= 15 is 0 Å². The molecule has 1 fully saturated rings. The molecule has 0 bridgehead atoms. The molecule has 1 aromatic rings. The number of hydrogen-bond acceptors (Lipinski definition) is 4. The van der Waals surface area contributed by atoms with Crippen molar-refractivity contribution in [3.8, 4) is 0 Å². The average Bonchev–Trinajstić information content (AvgIpc) is 2.96. The van der Waals surface area contributed by atoms with Crippen molar-refractivity contribution in [2.75, 3.05) is 6.61 Å². The number of carbonyl (C=O) groups excluding carboxylic acids is 1. The second-order valence-electron chi connectivity index (χ2n) is 5.15. The highest BCUT2D eigenvalue weighted by Gasteiger charge is 2.43. The molecular weight excluding hydrogens is 218 g/mol. The number of nitrogens with zero attached hydrogens (tertiary/aromatic N) is 3. The van der Waals surface area contributed by atoms with Gasteiger partial charge in [0.25, 0.3) is 0 Å². The molecule has 3 rings (SSSR count). The van der Waals surface area contributed by atoms with E-state index in [1.807, 2.05) is 4.68 Å². The molecule has 0 unspecified atom stereocenters. The van der Waals surface area contributed by atoms with E-state index in [-0.39, 0.29) is 5.97 Å². The SMILES string of the molecule is CCOC(=O)c1nnn2c1CC1(CCCC1)C2. The topological polar surface area (TPSA) is 57.0 Å². The van der Waals surface area contributed by atoms with E-state index in [2.05, 4.69) is 10.3 Å². The van der Waals surface area contributed by atoms with Gasteiger partial charge in [0.15, 0.2) is 5.69 Å². The van der Waals surface area contributed by atoms with Crippen molar-refractivity contribution >= 4 is 5.97 Å². The van der Waals surface area contributed by atoms with Crippen LogP contribution in [-0.4, -0.2) is 27.6 Å². The van der Waals surface area contributed by atoms with E-state index in [0.29, 0.717) is 17.7 Å². The summed E-state index contributed by atoms with van der Waals surface area (Å²) in [6.45, 7) is 3.12. The molecule has 0 N–H and O–H groups in total. The second-order valence-corrected chi connectivity index (χ2v) is 5.15. The zero-order valence-corrected chi connectivity index (χ0v) is 10.1. The van der Waals surface area contributed by atoms with Gasteiger partial charge in [0.1, 0.15) is 0 Å². The van der Waals surface area contributed by atoms with Crippen LogP contribution >= 0.6 is 0 Å². The Balaban J connectivity index is 1.86. The van der Waals surface area contributed by atoms with Crippen LogP contribution in [0.1, 0.15) is 48.8 Å². The molecule has 5 nitrogen and oxygen atoms in total. The third-order valence-corrected chi connectivity index (χ3v) is 4.00. The van der Waals surface area contributed by atoms with Crippen molar-refractivity contribution in [2.24, 2.45) is 5.41 Å². The van der Waals surface area contributed by atoms with Gasteiger partial charge in [-0.2, -0.15) is 0 Å². The molecule has 5 heteroatoms. The highest BCUT2D eigenvalue weighted by Crippen LogP contribution is 2.46. The number of esters is 1. The van der Waals surface area contributed by atoms with Gasteiger partial charge >= 0.3 is 5.97 Å². The maximum Gasteiger partial charge on any atom is 0.360 e. The Hall–Kier alpha value is -1.39. The molecule has 0 atom stereocenters. The van der Waals surface area contributed by atoms with E-state index in [9.17, 15) is 4.79 Å². The van der Waals surface area contributed by atoms with Crippen LogP contribution in [-0.2, 0) is 17.7 Å². The molecule has 0 aromatic carbocycles. The van der Waals surface area contributed by atoms with Crippen LogP contribution in [0.25, 0.3) is 0 Å². The molecule has 1 aliphatic heterocycles. The number of aromatic nitrogens is 3. The number of fused-ring (bicyclic) bond motifs is 1. The third-order valence-electron chi connectivity index (χ3n) is 4.00. The van der Waals surface area contributed by atoms with E-state index in [1.165, 1.54) is 25.7 Å². The maximum absolute atomic E-state index is 11.7. The van der Waals surface area contributed by atoms with Gasteiger partial charge in [0, 0.05) is 6.54 Å². The van der Waals surface area contributed by atoms with Crippen LogP contribution in [0, 0.1) is 5.41 Å². The monoisotopic (exact) mass is 235 g/mol. The summed E-state index contributed by atoms with van der Waals surface area (Å²) < 4.78 is 6.91. The number of rotatable bonds is 2. The Morgan fingerprint density at radius 1 is 1.47 bits per heavy atom. The van der Waals surface area contributed by atoms with Gasteiger partial charge in [0.2, 0.25) is 0 Å². The molecule has 0 radical (unpaired) electrons. The quantitative estimate of drug-likeness (QED) is 0.730. The molecule has 1 aliphatic carbocycles. The fourth-order valence-corrected chi connectivity index (χ4v) is 3.18. The molecular formula is C12H17N3O2.